The highest BCUT2D eigenvalue weighted by Gasteiger charge is 2.35. The molecule has 8 heteroatoms. The average molecular weight is 337 g/mol. The molecule has 3 rings (SSSR count). The summed E-state index contributed by atoms with van der Waals surface area (Å²) in [6.07, 6.45) is 3.53. The fraction of sp³-hybridized carbons (Fsp3) is 0.667. The van der Waals surface area contributed by atoms with E-state index in [0.717, 1.165) is 39.0 Å². The number of anilines is 1. The molecular weight excluding hydrogens is 314 g/mol. The molecule has 2 fully saturated rings. The van der Waals surface area contributed by atoms with Crippen molar-refractivity contribution >= 4 is 28.4 Å². The van der Waals surface area contributed by atoms with Crippen molar-refractivity contribution in [2.75, 3.05) is 38.5 Å². The van der Waals surface area contributed by atoms with Crippen LogP contribution in [0.3, 0.4) is 0 Å². The highest BCUT2D eigenvalue weighted by atomic mass is 32.1. The topological polar surface area (TPSA) is 68.8 Å². The summed E-state index contributed by atoms with van der Waals surface area (Å²) in [5, 5.41) is 5.34. The summed E-state index contributed by atoms with van der Waals surface area (Å²) in [5.41, 5.74) is 0. The van der Waals surface area contributed by atoms with Crippen molar-refractivity contribution in [3.8, 4) is 0 Å². The number of nitrogens with zero attached hydrogens (tertiary/aromatic N) is 4. The molecule has 0 aromatic carbocycles. The highest BCUT2D eigenvalue weighted by molar-refractivity contribution is 7.13. The third-order valence-electron chi connectivity index (χ3n) is 4.78. The summed E-state index contributed by atoms with van der Waals surface area (Å²) < 4.78 is 0. The monoisotopic (exact) mass is 337 g/mol. The van der Waals surface area contributed by atoms with E-state index in [1.807, 2.05) is 24.3 Å². The van der Waals surface area contributed by atoms with Crippen LogP contribution >= 0.6 is 11.3 Å². The molecule has 1 aromatic heterocycles. The van der Waals surface area contributed by atoms with Crippen LogP contribution in [-0.4, -0.2) is 76.9 Å². The van der Waals surface area contributed by atoms with E-state index < -0.39 is 0 Å². The van der Waals surface area contributed by atoms with Crippen molar-refractivity contribution < 1.29 is 9.59 Å². The Morgan fingerprint density at radius 2 is 2.09 bits per heavy atom. The van der Waals surface area contributed by atoms with Crippen LogP contribution < -0.4 is 5.32 Å². The van der Waals surface area contributed by atoms with E-state index in [2.05, 4.69) is 15.2 Å². The molecule has 7 nitrogen and oxygen atoms in total. The summed E-state index contributed by atoms with van der Waals surface area (Å²) >= 11 is 1.42. The number of carbonyl (C=O) groups is 2. The van der Waals surface area contributed by atoms with Crippen LogP contribution in [0.2, 0.25) is 0 Å². The van der Waals surface area contributed by atoms with Crippen molar-refractivity contribution in [3.63, 3.8) is 0 Å². The number of urea groups is 1. The quantitative estimate of drug-likeness (QED) is 0.899. The predicted octanol–water partition coefficient (Wildman–Crippen LogP) is 1.30. The molecule has 1 N–H and O–H groups in total. The fourth-order valence-electron chi connectivity index (χ4n) is 3.25. The van der Waals surface area contributed by atoms with Crippen molar-refractivity contribution in [3.05, 3.63) is 11.6 Å². The third kappa shape index (κ3) is 3.48. The number of thiazole rings is 1. The van der Waals surface area contributed by atoms with Crippen molar-refractivity contribution in [1.82, 2.24) is 19.7 Å². The molecule has 23 heavy (non-hydrogen) atoms. The Kier molecular flexibility index (Phi) is 4.82. The molecule has 0 aliphatic carbocycles. The van der Waals surface area contributed by atoms with E-state index >= 15 is 0 Å². The third-order valence-corrected chi connectivity index (χ3v) is 5.47. The number of piperidine rings is 1. The van der Waals surface area contributed by atoms with Gasteiger partial charge in [0.05, 0.1) is 6.04 Å². The normalized spacial score (nSPS) is 21.7. The maximum absolute atomic E-state index is 12.3. The van der Waals surface area contributed by atoms with E-state index in [4.69, 9.17) is 0 Å². The van der Waals surface area contributed by atoms with Crippen LogP contribution in [0.25, 0.3) is 0 Å². The Balaban J connectivity index is 1.50. The molecule has 1 atom stereocenters. The zero-order valence-electron chi connectivity index (χ0n) is 13.6. The lowest BCUT2D eigenvalue weighted by Gasteiger charge is -2.38. The maximum atomic E-state index is 12.3. The molecule has 0 saturated carbocycles. The lowest BCUT2D eigenvalue weighted by molar-refractivity contribution is -0.121. The molecule has 2 aliphatic heterocycles. The number of likely N-dealkylation sites (N-methyl/N-ethyl adjacent to an activating group) is 1. The molecule has 3 heterocycles. The minimum Gasteiger partial charge on any atom is -0.326 e. The lowest BCUT2D eigenvalue weighted by Crippen LogP contribution is -2.51. The van der Waals surface area contributed by atoms with Crippen LogP contribution in [0.15, 0.2) is 11.6 Å². The molecule has 0 radical (unpaired) electrons. The van der Waals surface area contributed by atoms with Crippen LogP contribution in [-0.2, 0) is 4.79 Å². The van der Waals surface area contributed by atoms with Gasteiger partial charge >= 0.3 is 6.03 Å². The first-order chi connectivity index (χ1) is 11.1. The fourth-order valence-corrected chi connectivity index (χ4v) is 3.78. The van der Waals surface area contributed by atoms with Gasteiger partial charge in [0.1, 0.15) is 0 Å². The average Bonchev–Trinajstić information content (AvgIpc) is 3.18. The van der Waals surface area contributed by atoms with Gasteiger partial charge in [0.2, 0.25) is 5.91 Å². The zero-order valence-corrected chi connectivity index (χ0v) is 14.4. The molecular formula is C15H23N5O2S. The molecule has 3 amide bonds. The number of hydrogen-bond acceptors (Lipinski definition) is 5. The summed E-state index contributed by atoms with van der Waals surface area (Å²) in [7, 11) is 1.85. The van der Waals surface area contributed by atoms with Crippen molar-refractivity contribution in [1.29, 1.82) is 0 Å². The minimum absolute atomic E-state index is 0.0182. The van der Waals surface area contributed by atoms with Gasteiger partial charge in [-0.2, -0.15) is 0 Å². The van der Waals surface area contributed by atoms with Crippen LogP contribution in [0.5, 0.6) is 0 Å². The SMILES string of the molecule is CC(C(=O)Nc1nccs1)N1CCC(N2CCN(C)C2=O)CC1. The molecule has 0 spiro atoms. The number of hydrogen-bond donors (Lipinski definition) is 1. The van der Waals surface area contributed by atoms with Crippen molar-refractivity contribution in [2.24, 2.45) is 0 Å². The molecule has 2 aliphatic rings. The molecule has 126 valence electrons. The van der Waals surface area contributed by atoms with Gasteiger partial charge in [-0.3, -0.25) is 9.69 Å². The smallest absolute Gasteiger partial charge is 0.320 e. The summed E-state index contributed by atoms with van der Waals surface area (Å²) in [4.78, 5) is 34.4. The first kappa shape index (κ1) is 16.2. The number of likely N-dealkylation sites (tertiary alicyclic amines) is 1. The van der Waals surface area contributed by atoms with E-state index in [1.54, 1.807) is 11.1 Å². The second-order valence-corrected chi connectivity index (χ2v) is 7.06. The molecule has 2 saturated heterocycles. The Hall–Kier alpha value is -1.67. The van der Waals surface area contributed by atoms with Gasteiger partial charge in [-0.15, -0.1) is 11.3 Å². The number of nitrogens with one attached hydrogen (secondary N) is 1. The van der Waals surface area contributed by atoms with Gasteiger partial charge in [0.15, 0.2) is 5.13 Å². The van der Waals surface area contributed by atoms with E-state index in [-0.39, 0.29) is 18.0 Å². The Labute approximate surface area is 140 Å². The van der Waals surface area contributed by atoms with Crippen molar-refractivity contribution in [2.45, 2.75) is 31.8 Å². The van der Waals surface area contributed by atoms with Gasteiger partial charge in [0.25, 0.3) is 0 Å². The first-order valence-corrected chi connectivity index (χ1v) is 8.90. The second-order valence-electron chi connectivity index (χ2n) is 6.17. The van der Waals surface area contributed by atoms with E-state index in [0.29, 0.717) is 11.2 Å². The predicted molar refractivity (Wildman–Crippen MR) is 89.5 cm³/mol. The molecule has 1 aromatic rings. The van der Waals surface area contributed by atoms with Gasteiger partial charge in [-0.05, 0) is 19.8 Å². The number of carbonyl (C=O) groups excluding carboxylic acids is 2. The first-order valence-electron chi connectivity index (χ1n) is 8.02. The number of amides is 3. The van der Waals surface area contributed by atoms with Crippen LogP contribution in [0.4, 0.5) is 9.93 Å². The second kappa shape index (κ2) is 6.84. The molecule has 0 bridgehead atoms. The van der Waals surface area contributed by atoms with Crippen LogP contribution in [0, 0.1) is 0 Å². The number of aromatic nitrogens is 1. The highest BCUT2D eigenvalue weighted by Crippen LogP contribution is 2.22. The molecule has 1 unspecified atom stereocenters. The summed E-state index contributed by atoms with van der Waals surface area (Å²) in [6, 6.07) is 0.257. The largest absolute Gasteiger partial charge is 0.326 e. The van der Waals surface area contributed by atoms with Gasteiger partial charge in [-0.25, -0.2) is 9.78 Å². The Bertz CT molecular complexity index is 556. The number of rotatable bonds is 4. The van der Waals surface area contributed by atoms with Gasteiger partial charge in [-0.1, -0.05) is 0 Å². The van der Waals surface area contributed by atoms with E-state index in [9.17, 15) is 9.59 Å². The minimum atomic E-state index is -0.184. The zero-order chi connectivity index (χ0) is 16.4. The van der Waals surface area contributed by atoms with Crippen LogP contribution in [0.1, 0.15) is 19.8 Å². The van der Waals surface area contributed by atoms with Gasteiger partial charge in [0, 0.05) is 50.8 Å². The standard InChI is InChI=1S/C15H23N5O2S/c1-11(13(21)17-14-16-5-10-23-14)19-6-3-12(4-7-19)20-9-8-18(2)15(20)22/h5,10-12H,3-4,6-9H2,1-2H3,(H,16,17,21). The summed E-state index contributed by atoms with van der Waals surface area (Å²) in [5.74, 6) is -0.0182. The Morgan fingerprint density at radius 3 is 2.65 bits per heavy atom. The van der Waals surface area contributed by atoms with E-state index in [1.165, 1.54) is 11.3 Å². The lowest BCUT2D eigenvalue weighted by atomic mass is 10.0. The maximum Gasteiger partial charge on any atom is 0.320 e. The Morgan fingerprint density at radius 1 is 1.35 bits per heavy atom. The summed E-state index contributed by atoms with van der Waals surface area (Å²) in [6.45, 7) is 5.24. The van der Waals surface area contributed by atoms with Gasteiger partial charge < -0.3 is 15.1 Å².